The first-order valence-electron chi connectivity index (χ1n) is 8.46. The molecule has 0 aromatic heterocycles. The van der Waals surface area contributed by atoms with Crippen LogP contribution in [0, 0.1) is 5.92 Å². The highest BCUT2D eigenvalue weighted by Gasteiger charge is 2.25. The summed E-state index contributed by atoms with van der Waals surface area (Å²) in [7, 11) is -2.04. The molecule has 1 atom stereocenters. The number of sulfonamides is 1. The van der Waals surface area contributed by atoms with Gasteiger partial charge in [0.1, 0.15) is 11.8 Å². The summed E-state index contributed by atoms with van der Waals surface area (Å²) >= 11 is 0. The number of rotatable bonds is 7. The minimum absolute atomic E-state index is 0.00769. The van der Waals surface area contributed by atoms with Crippen molar-refractivity contribution in [3.8, 4) is 5.75 Å². The molecule has 0 radical (unpaired) electrons. The van der Waals surface area contributed by atoms with Gasteiger partial charge in [-0.3, -0.25) is 14.3 Å². The van der Waals surface area contributed by atoms with E-state index in [1.54, 1.807) is 13.0 Å². The van der Waals surface area contributed by atoms with E-state index in [1.807, 2.05) is 0 Å². The average Bonchev–Trinajstić information content (AvgIpc) is 3.09. The molecule has 0 heterocycles. The summed E-state index contributed by atoms with van der Waals surface area (Å²) in [5.41, 5.74) is 0.712. The van der Waals surface area contributed by atoms with Crippen LogP contribution in [0.2, 0.25) is 0 Å². The third-order valence-electron chi connectivity index (χ3n) is 4.24. The molecule has 2 rings (SSSR count). The van der Waals surface area contributed by atoms with E-state index >= 15 is 0 Å². The number of carbonyl (C=O) groups is 2. The molecular weight excluding hydrogens is 358 g/mol. The van der Waals surface area contributed by atoms with E-state index in [0.717, 1.165) is 31.9 Å². The van der Waals surface area contributed by atoms with Gasteiger partial charge >= 0.3 is 0 Å². The molecule has 9 heteroatoms. The third kappa shape index (κ3) is 5.62. The zero-order valence-corrected chi connectivity index (χ0v) is 16.0. The van der Waals surface area contributed by atoms with Crippen LogP contribution in [0.5, 0.6) is 5.75 Å². The zero-order valence-electron chi connectivity index (χ0n) is 15.2. The molecule has 2 amide bonds. The van der Waals surface area contributed by atoms with Crippen LogP contribution < -0.4 is 20.1 Å². The van der Waals surface area contributed by atoms with Gasteiger partial charge in [0.25, 0.3) is 0 Å². The summed E-state index contributed by atoms with van der Waals surface area (Å²) in [5.74, 6) is -0.180. The molecule has 26 heavy (non-hydrogen) atoms. The quantitative estimate of drug-likeness (QED) is 0.663. The van der Waals surface area contributed by atoms with Crippen LogP contribution in [-0.2, 0) is 19.6 Å². The summed E-state index contributed by atoms with van der Waals surface area (Å²) in [6.07, 6.45) is 4.87. The molecule has 8 nitrogen and oxygen atoms in total. The van der Waals surface area contributed by atoms with Gasteiger partial charge in [-0.1, -0.05) is 12.8 Å². The summed E-state index contributed by atoms with van der Waals surface area (Å²) in [4.78, 5) is 24.4. The van der Waals surface area contributed by atoms with Crippen LogP contribution >= 0.6 is 0 Å². The van der Waals surface area contributed by atoms with E-state index < -0.39 is 16.1 Å². The number of nitrogens with one attached hydrogen (secondary N) is 3. The van der Waals surface area contributed by atoms with Gasteiger partial charge in [-0.05, 0) is 31.9 Å². The fraction of sp³-hybridized carbons (Fsp3) is 0.529. The molecule has 3 N–H and O–H groups in total. The smallest absolute Gasteiger partial charge is 0.246 e. The Kier molecular flexibility index (Phi) is 6.47. The van der Waals surface area contributed by atoms with Gasteiger partial charge in [0.15, 0.2) is 0 Å². The Bertz CT molecular complexity index is 773. The predicted molar refractivity (Wildman–Crippen MR) is 99.7 cm³/mol. The topological polar surface area (TPSA) is 114 Å². The number of carbonyl (C=O) groups excluding carboxylic acids is 2. The summed E-state index contributed by atoms with van der Waals surface area (Å²) in [6, 6.07) is 3.89. The van der Waals surface area contributed by atoms with Crippen molar-refractivity contribution in [2.45, 2.75) is 38.6 Å². The Morgan fingerprint density at radius 2 is 1.88 bits per heavy atom. The molecule has 1 aromatic carbocycles. The largest absolute Gasteiger partial charge is 0.494 e. The van der Waals surface area contributed by atoms with Crippen molar-refractivity contribution >= 4 is 33.2 Å². The first kappa shape index (κ1) is 20.0. The van der Waals surface area contributed by atoms with Crippen LogP contribution in [0.4, 0.5) is 11.4 Å². The maximum absolute atomic E-state index is 12.3. The molecule has 1 aliphatic carbocycles. The monoisotopic (exact) mass is 383 g/mol. The fourth-order valence-corrected chi connectivity index (χ4v) is 3.46. The molecule has 0 aliphatic heterocycles. The predicted octanol–water partition coefficient (Wildman–Crippen LogP) is 1.70. The van der Waals surface area contributed by atoms with E-state index in [9.17, 15) is 18.0 Å². The molecule has 1 aliphatic rings. The van der Waals surface area contributed by atoms with Gasteiger partial charge in [0.05, 0.1) is 19.1 Å². The maximum Gasteiger partial charge on any atom is 0.246 e. The number of amides is 2. The van der Waals surface area contributed by atoms with Crippen molar-refractivity contribution in [1.29, 1.82) is 0 Å². The van der Waals surface area contributed by atoms with Gasteiger partial charge < -0.3 is 15.4 Å². The lowest BCUT2D eigenvalue weighted by Gasteiger charge is -2.17. The lowest BCUT2D eigenvalue weighted by molar-refractivity contribution is -0.128. The number of hydrogen-bond acceptors (Lipinski definition) is 5. The maximum atomic E-state index is 12.3. The summed E-state index contributed by atoms with van der Waals surface area (Å²) in [6.45, 7) is 1.62. The van der Waals surface area contributed by atoms with Gasteiger partial charge in [-0.15, -0.1) is 0 Å². The van der Waals surface area contributed by atoms with E-state index in [1.165, 1.54) is 19.2 Å². The Balaban J connectivity index is 2.00. The second kappa shape index (κ2) is 8.39. The number of methoxy groups -OCH3 is 1. The SMILES string of the molecule is COc1cc(NC(=O)[C@H](C)NC(=O)C2CCCC2)ccc1NS(C)(=O)=O. The average molecular weight is 383 g/mol. The van der Waals surface area contributed by atoms with Crippen LogP contribution in [-0.4, -0.2) is 39.6 Å². The molecule has 1 fully saturated rings. The number of benzene rings is 1. The lowest BCUT2D eigenvalue weighted by atomic mass is 10.1. The molecule has 0 unspecified atom stereocenters. The second-order valence-corrected chi connectivity index (χ2v) is 8.24. The highest BCUT2D eigenvalue weighted by molar-refractivity contribution is 7.92. The van der Waals surface area contributed by atoms with Gasteiger partial charge in [0.2, 0.25) is 21.8 Å². The Hall–Kier alpha value is -2.29. The van der Waals surface area contributed by atoms with E-state index in [4.69, 9.17) is 4.74 Å². The fourth-order valence-electron chi connectivity index (χ4n) is 2.89. The number of hydrogen-bond donors (Lipinski definition) is 3. The summed E-state index contributed by atoms with van der Waals surface area (Å²) in [5, 5.41) is 5.43. The minimum Gasteiger partial charge on any atom is -0.494 e. The second-order valence-electron chi connectivity index (χ2n) is 6.49. The molecule has 0 saturated heterocycles. The Labute approximate surface area is 153 Å². The lowest BCUT2D eigenvalue weighted by Crippen LogP contribution is -2.43. The number of ether oxygens (including phenoxy) is 1. The van der Waals surface area contributed by atoms with E-state index in [2.05, 4.69) is 15.4 Å². The van der Waals surface area contributed by atoms with Crippen molar-refractivity contribution in [2.24, 2.45) is 5.92 Å². The normalized spacial score (nSPS) is 16.0. The Morgan fingerprint density at radius 3 is 2.46 bits per heavy atom. The van der Waals surface area contributed by atoms with Crippen molar-refractivity contribution in [1.82, 2.24) is 5.32 Å². The van der Waals surface area contributed by atoms with Crippen LogP contribution in [0.3, 0.4) is 0 Å². The Morgan fingerprint density at radius 1 is 1.23 bits per heavy atom. The molecule has 1 aromatic rings. The molecular formula is C17H25N3O5S. The number of anilines is 2. The minimum atomic E-state index is -3.45. The van der Waals surface area contributed by atoms with Crippen LogP contribution in [0.1, 0.15) is 32.6 Å². The van der Waals surface area contributed by atoms with Crippen molar-refractivity contribution in [3.63, 3.8) is 0 Å². The molecule has 1 saturated carbocycles. The van der Waals surface area contributed by atoms with Crippen molar-refractivity contribution in [3.05, 3.63) is 18.2 Å². The highest BCUT2D eigenvalue weighted by Crippen LogP contribution is 2.29. The van der Waals surface area contributed by atoms with Crippen molar-refractivity contribution in [2.75, 3.05) is 23.4 Å². The van der Waals surface area contributed by atoms with Crippen LogP contribution in [0.25, 0.3) is 0 Å². The zero-order chi connectivity index (χ0) is 19.3. The third-order valence-corrected chi connectivity index (χ3v) is 4.83. The molecule has 0 bridgehead atoms. The first-order valence-corrected chi connectivity index (χ1v) is 10.4. The van der Waals surface area contributed by atoms with Crippen molar-refractivity contribution < 1.29 is 22.7 Å². The van der Waals surface area contributed by atoms with Gasteiger partial charge in [-0.2, -0.15) is 0 Å². The van der Waals surface area contributed by atoms with E-state index in [0.29, 0.717) is 5.69 Å². The first-order chi connectivity index (χ1) is 12.2. The van der Waals surface area contributed by atoms with Gasteiger partial charge in [-0.25, -0.2) is 8.42 Å². The molecule has 144 valence electrons. The summed E-state index contributed by atoms with van der Waals surface area (Å²) < 4.78 is 30.2. The van der Waals surface area contributed by atoms with Gasteiger partial charge in [0, 0.05) is 17.7 Å². The highest BCUT2D eigenvalue weighted by atomic mass is 32.2. The van der Waals surface area contributed by atoms with Crippen LogP contribution in [0.15, 0.2) is 18.2 Å². The molecule has 0 spiro atoms. The standard InChI is InChI=1S/C17H25N3O5S/c1-11(18-17(22)12-6-4-5-7-12)16(21)19-13-8-9-14(15(10-13)25-2)20-26(3,23)24/h8-12,20H,4-7H2,1-3H3,(H,18,22)(H,19,21)/t11-/m0/s1. The van der Waals surface area contributed by atoms with E-state index in [-0.39, 0.29) is 29.2 Å².